The van der Waals surface area contributed by atoms with E-state index in [1.807, 2.05) is 44.2 Å². The molecule has 230 valence electrons. The molecule has 0 radical (unpaired) electrons. The van der Waals surface area contributed by atoms with E-state index in [-0.39, 0.29) is 18.5 Å². The number of benzene rings is 2. The number of hydrogen-bond acceptors (Lipinski definition) is 6. The maximum absolute atomic E-state index is 13.5. The lowest BCUT2D eigenvalue weighted by Gasteiger charge is -2.35. The van der Waals surface area contributed by atoms with Gasteiger partial charge in [0.05, 0.1) is 23.4 Å². The molecule has 1 fully saturated rings. The fourth-order valence-electron chi connectivity index (χ4n) is 5.68. The van der Waals surface area contributed by atoms with Gasteiger partial charge >= 0.3 is 5.97 Å². The highest BCUT2D eigenvalue weighted by Gasteiger charge is 2.43. The van der Waals surface area contributed by atoms with Crippen LogP contribution in [-0.2, 0) is 4.79 Å². The van der Waals surface area contributed by atoms with Crippen LogP contribution in [0.1, 0.15) is 67.6 Å². The number of aliphatic carboxylic acids is 1. The van der Waals surface area contributed by atoms with Crippen molar-refractivity contribution in [1.29, 1.82) is 0 Å². The zero-order valence-corrected chi connectivity index (χ0v) is 26.2. The van der Waals surface area contributed by atoms with E-state index in [0.29, 0.717) is 35.9 Å². The summed E-state index contributed by atoms with van der Waals surface area (Å²) in [5, 5.41) is 23.2. The summed E-state index contributed by atoms with van der Waals surface area (Å²) in [6, 6.07) is 15.1. The van der Waals surface area contributed by atoms with E-state index in [2.05, 4.69) is 30.1 Å². The maximum Gasteiger partial charge on any atom is 0.329 e. The van der Waals surface area contributed by atoms with E-state index in [1.165, 1.54) is 0 Å². The van der Waals surface area contributed by atoms with Crippen LogP contribution >= 0.6 is 11.6 Å². The minimum atomic E-state index is -1.45. The first-order valence-corrected chi connectivity index (χ1v) is 15.4. The average Bonchev–Trinajstić information content (AvgIpc) is 2.99. The highest BCUT2D eigenvalue weighted by molar-refractivity contribution is 6.32. The molecule has 1 aromatic heterocycles. The molecule has 8 nitrogen and oxygen atoms in total. The van der Waals surface area contributed by atoms with Crippen LogP contribution in [0, 0.1) is 13.8 Å². The first-order valence-electron chi connectivity index (χ1n) is 15.0. The van der Waals surface area contributed by atoms with Crippen molar-refractivity contribution in [1.82, 2.24) is 15.2 Å². The SMILES string of the molecule is CCN(CC)CCCOc1cc(-c2nc(C(=O)NC3(C(=O)O)CCC(O)CC3)ccc2-c2ccc(C)cc2C)ccc1Cl. The van der Waals surface area contributed by atoms with Gasteiger partial charge in [-0.25, -0.2) is 9.78 Å². The molecule has 3 N–H and O–H groups in total. The van der Waals surface area contributed by atoms with Gasteiger partial charge in [-0.2, -0.15) is 0 Å². The van der Waals surface area contributed by atoms with E-state index < -0.39 is 23.5 Å². The van der Waals surface area contributed by atoms with Crippen molar-refractivity contribution in [3.05, 3.63) is 70.4 Å². The topological polar surface area (TPSA) is 112 Å². The Labute approximate surface area is 259 Å². The highest BCUT2D eigenvalue weighted by atomic mass is 35.5. The summed E-state index contributed by atoms with van der Waals surface area (Å²) in [4.78, 5) is 32.9. The van der Waals surface area contributed by atoms with Crippen molar-refractivity contribution >= 4 is 23.5 Å². The van der Waals surface area contributed by atoms with Gasteiger partial charge in [0.15, 0.2) is 0 Å². The molecule has 0 bridgehead atoms. The van der Waals surface area contributed by atoms with Gasteiger partial charge in [0.2, 0.25) is 0 Å². The summed E-state index contributed by atoms with van der Waals surface area (Å²) in [6.45, 7) is 11.8. The highest BCUT2D eigenvalue weighted by Crippen LogP contribution is 2.37. The minimum Gasteiger partial charge on any atom is -0.492 e. The normalized spacial score (nSPS) is 18.4. The monoisotopic (exact) mass is 607 g/mol. The van der Waals surface area contributed by atoms with Gasteiger partial charge in [-0.1, -0.05) is 55.3 Å². The summed E-state index contributed by atoms with van der Waals surface area (Å²) in [7, 11) is 0. The summed E-state index contributed by atoms with van der Waals surface area (Å²) in [5.74, 6) is -1.15. The van der Waals surface area contributed by atoms with Gasteiger partial charge < -0.3 is 25.2 Å². The van der Waals surface area contributed by atoms with Gasteiger partial charge in [-0.05, 0) is 94.4 Å². The van der Waals surface area contributed by atoms with Gasteiger partial charge in [0, 0.05) is 17.7 Å². The molecule has 0 saturated heterocycles. The molecule has 1 aliphatic rings. The third-order valence-electron chi connectivity index (χ3n) is 8.35. The Bertz CT molecular complexity index is 1450. The summed E-state index contributed by atoms with van der Waals surface area (Å²) in [5.41, 5.74) is 3.94. The number of aliphatic hydroxyl groups excluding tert-OH is 1. The number of amides is 1. The van der Waals surface area contributed by atoms with Crippen LogP contribution in [0.2, 0.25) is 5.02 Å². The molecule has 43 heavy (non-hydrogen) atoms. The molecule has 4 rings (SSSR count). The summed E-state index contributed by atoms with van der Waals surface area (Å²) >= 11 is 6.53. The number of carbonyl (C=O) groups is 2. The lowest BCUT2D eigenvalue weighted by molar-refractivity contribution is -0.146. The Morgan fingerprint density at radius 1 is 1.05 bits per heavy atom. The number of pyridine rings is 1. The molecular weight excluding hydrogens is 566 g/mol. The second-order valence-electron chi connectivity index (χ2n) is 11.4. The number of hydrogen-bond donors (Lipinski definition) is 3. The Kier molecular flexibility index (Phi) is 10.8. The quantitative estimate of drug-likeness (QED) is 0.208. The van der Waals surface area contributed by atoms with E-state index in [0.717, 1.165) is 53.9 Å². The first-order chi connectivity index (χ1) is 20.6. The molecule has 1 saturated carbocycles. The molecule has 0 unspecified atom stereocenters. The van der Waals surface area contributed by atoms with Crippen molar-refractivity contribution in [2.75, 3.05) is 26.2 Å². The third-order valence-corrected chi connectivity index (χ3v) is 8.66. The Morgan fingerprint density at radius 3 is 2.40 bits per heavy atom. The number of carboxylic acid groups (broad SMARTS) is 1. The lowest BCUT2D eigenvalue weighted by Crippen LogP contribution is -2.57. The number of ether oxygens (including phenoxy) is 1. The number of nitrogens with zero attached hydrogens (tertiary/aromatic N) is 2. The number of halogens is 1. The second-order valence-corrected chi connectivity index (χ2v) is 11.8. The largest absolute Gasteiger partial charge is 0.492 e. The standard InChI is InChI=1S/C34H42ClN3O5/c1-5-38(6-2)18-7-19-43-30-21-24(9-12-28(30)35)31-27(26-10-8-22(3)20-23(26)4)11-13-29(36-31)32(40)37-34(33(41)42)16-14-25(39)15-17-34/h8-13,20-21,25,39H,5-7,14-19H2,1-4H3,(H,37,40)(H,41,42). The molecule has 2 aromatic carbocycles. The van der Waals surface area contributed by atoms with Crippen LogP contribution in [0.3, 0.4) is 0 Å². The molecule has 9 heteroatoms. The van der Waals surface area contributed by atoms with Gasteiger partial charge in [0.25, 0.3) is 5.91 Å². The molecule has 3 aromatic rings. The van der Waals surface area contributed by atoms with Crippen LogP contribution in [0.4, 0.5) is 0 Å². The molecular formula is C34H42ClN3O5. The predicted octanol–water partition coefficient (Wildman–Crippen LogP) is 6.28. The fraction of sp³-hybridized carbons (Fsp3) is 0.441. The van der Waals surface area contributed by atoms with E-state index >= 15 is 0 Å². The van der Waals surface area contributed by atoms with E-state index in [1.54, 1.807) is 12.1 Å². The number of aromatic nitrogens is 1. The second kappa shape index (κ2) is 14.3. The number of carboxylic acids is 1. The molecule has 1 heterocycles. The van der Waals surface area contributed by atoms with Crippen LogP contribution < -0.4 is 10.1 Å². The van der Waals surface area contributed by atoms with Crippen LogP contribution in [0.15, 0.2) is 48.5 Å². The lowest BCUT2D eigenvalue weighted by atomic mass is 9.80. The molecule has 1 amide bonds. The van der Waals surface area contributed by atoms with Crippen molar-refractivity contribution in [3.63, 3.8) is 0 Å². The van der Waals surface area contributed by atoms with Gasteiger partial charge in [-0.15, -0.1) is 0 Å². The van der Waals surface area contributed by atoms with E-state index in [9.17, 15) is 19.8 Å². The molecule has 1 aliphatic carbocycles. The Hall–Kier alpha value is -3.46. The first kappa shape index (κ1) is 32.5. The van der Waals surface area contributed by atoms with Crippen molar-refractivity contribution < 1.29 is 24.5 Å². The average molecular weight is 608 g/mol. The van der Waals surface area contributed by atoms with Crippen molar-refractivity contribution in [3.8, 4) is 28.1 Å². The third kappa shape index (κ3) is 7.74. The Balaban J connectivity index is 1.70. The number of nitrogens with one attached hydrogen (secondary N) is 1. The maximum atomic E-state index is 13.5. The van der Waals surface area contributed by atoms with Crippen molar-refractivity contribution in [2.45, 2.75) is 71.4 Å². The smallest absolute Gasteiger partial charge is 0.329 e. The molecule has 0 spiro atoms. The van der Waals surface area contributed by atoms with Crippen LogP contribution in [0.25, 0.3) is 22.4 Å². The van der Waals surface area contributed by atoms with E-state index in [4.69, 9.17) is 21.3 Å². The molecule has 0 aliphatic heterocycles. The van der Waals surface area contributed by atoms with Crippen LogP contribution in [0.5, 0.6) is 5.75 Å². The Morgan fingerprint density at radius 2 is 1.74 bits per heavy atom. The van der Waals surface area contributed by atoms with Crippen molar-refractivity contribution in [2.24, 2.45) is 0 Å². The summed E-state index contributed by atoms with van der Waals surface area (Å²) < 4.78 is 6.10. The fourth-order valence-corrected chi connectivity index (χ4v) is 5.85. The zero-order valence-electron chi connectivity index (χ0n) is 25.5. The number of carbonyl (C=O) groups excluding carboxylic acids is 1. The zero-order chi connectivity index (χ0) is 31.1. The number of aryl methyl sites for hydroxylation is 2. The van der Waals surface area contributed by atoms with Gasteiger partial charge in [-0.3, -0.25) is 4.79 Å². The summed E-state index contributed by atoms with van der Waals surface area (Å²) in [6.07, 6.45) is 1.19. The van der Waals surface area contributed by atoms with Crippen LogP contribution in [-0.4, -0.2) is 69.9 Å². The predicted molar refractivity (Wildman–Crippen MR) is 170 cm³/mol. The minimum absolute atomic E-state index is 0.104. The molecule has 0 atom stereocenters. The van der Waals surface area contributed by atoms with Gasteiger partial charge in [0.1, 0.15) is 17.0 Å². The number of aliphatic hydroxyl groups is 1. The number of rotatable bonds is 12.